The number of ether oxygens (including phenoxy) is 2. The maximum Gasteiger partial charge on any atom is 0.338 e. The third kappa shape index (κ3) is 3.46. The van der Waals surface area contributed by atoms with Gasteiger partial charge in [-0.15, -0.1) is 0 Å². The molecule has 1 aliphatic rings. The van der Waals surface area contributed by atoms with Crippen molar-refractivity contribution in [1.29, 1.82) is 0 Å². The lowest BCUT2D eigenvalue weighted by atomic mass is 9.95. The maximum atomic E-state index is 12.8. The van der Waals surface area contributed by atoms with E-state index in [9.17, 15) is 4.79 Å². The van der Waals surface area contributed by atoms with E-state index < -0.39 is 6.04 Å². The Hall–Kier alpha value is -2.35. The van der Waals surface area contributed by atoms with Crippen LogP contribution < -0.4 is 10.1 Å². The first-order valence-corrected chi connectivity index (χ1v) is 9.24. The second-order valence-electron chi connectivity index (χ2n) is 5.97. The zero-order chi connectivity index (χ0) is 18.7. The van der Waals surface area contributed by atoms with E-state index in [0.717, 1.165) is 22.9 Å². The topological polar surface area (TPSA) is 78.3 Å². The fourth-order valence-electron chi connectivity index (χ4n) is 2.95. The molecule has 0 unspecified atom stereocenters. The molecule has 1 N–H and O–H groups in total. The second kappa shape index (κ2) is 7.90. The molecule has 0 radical (unpaired) electrons. The maximum absolute atomic E-state index is 12.8. The average molecular weight is 421 g/mol. The van der Waals surface area contributed by atoms with Gasteiger partial charge in [-0.05, 0) is 31.5 Å². The fourth-order valence-corrected chi connectivity index (χ4v) is 3.33. The van der Waals surface area contributed by atoms with Crippen molar-refractivity contribution in [2.24, 2.45) is 0 Å². The van der Waals surface area contributed by atoms with Crippen molar-refractivity contribution in [2.75, 3.05) is 19.0 Å². The Labute approximate surface area is 160 Å². The largest absolute Gasteiger partial charge is 0.496 e. The lowest BCUT2D eigenvalue weighted by Crippen LogP contribution is -2.30. The van der Waals surface area contributed by atoms with Crippen molar-refractivity contribution in [3.8, 4) is 5.75 Å². The van der Waals surface area contributed by atoms with Gasteiger partial charge in [0.15, 0.2) is 0 Å². The number of unbranched alkanes of at least 4 members (excludes halogenated alkanes) is 1. The van der Waals surface area contributed by atoms with E-state index in [1.165, 1.54) is 6.33 Å². The van der Waals surface area contributed by atoms with Crippen LogP contribution >= 0.6 is 15.9 Å². The van der Waals surface area contributed by atoms with Crippen molar-refractivity contribution in [3.63, 3.8) is 0 Å². The molecule has 8 heteroatoms. The summed E-state index contributed by atoms with van der Waals surface area (Å²) in [5.74, 6) is 0.865. The lowest BCUT2D eigenvalue weighted by molar-refractivity contribution is -0.139. The predicted molar refractivity (Wildman–Crippen MR) is 101 cm³/mol. The summed E-state index contributed by atoms with van der Waals surface area (Å²) in [5.41, 5.74) is 1.99. The first-order chi connectivity index (χ1) is 12.6. The molecule has 0 fully saturated rings. The Morgan fingerprint density at radius 3 is 2.96 bits per heavy atom. The molecule has 1 atom stereocenters. The highest BCUT2D eigenvalue weighted by atomic mass is 79.9. The van der Waals surface area contributed by atoms with Gasteiger partial charge in [-0.25, -0.2) is 9.48 Å². The van der Waals surface area contributed by atoms with Crippen molar-refractivity contribution in [1.82, 2.24) is 14.8 Å². The summed E-state index contributed by atoms with van der Waals surface area (Å²) in [6.45, 7) is 4.28. The molecule has 2 aromatic rings. The van der Waals surface area contributed by atoms with Gasteiger partial charge in [0.05, 0.1) is 19.3 Å². The smallest absolute Gasteiger partial charge is 0.338 e. The van der Waals surface area contributed by atoms with Crippen LogP contribution in [0.5, 0.6) is 5.75 Å². The van der Waals surface area contributed by atoms with E-state index in [1.54, 1.807) is 11.8 Å². The number of rotatable bonds is 6. The number of nitrogens with one attached hydrogen (secondary N) is 1. The average Bonchev–Trinajstić information content (AvgIpc) is 3.08. The number of allylic oxidation sites excluding steroid dienone is 1. The number of hydrogen-bond acceptors (Lipinski definition) is 6. The van der Waals surface area contributed by atoms with Gasteiger partial charge >= 0.3 is 5.97 Å². The molecule has 1 aromatic heterocycles. The molecule has 0 bridgehead atoms. The number of anilines is 1. The number of methoxy groups -OCH3 is 1. The molecule has 0 saturated heterocycles. The minimum Gasteiger partial charge on any atom is -0.496 e. The summed E-state index contributed by atoms with van der Waals surface area (Å²) in [7, 11) is 1.60. The Bertz CT molecular complexity index is 847. The van der Waals surface area contributed by atoms with Crippen LogP contribution in [0.15, 0.2) is 40.3 Å². The summed E-state index contributed by atoms with van der Waals surface area (Å²) >= 11 is 3.50. The standard InChI is InChI=1S/C18H21BrN4O3/c1-4-5-8-26-17(24)15-11(2)22-18-20-10-21-23(18)16(15)13-9-12(19)6-7-14(13)25-3/h6-7,9-10,16H,4-5,8H2,1-3H3,(H,20,21,22)/t16-/m1/s1. The van der Waals surface area contributed by atoms with Gasteiger partial charge in [-0.1, -0.05) is 29.3 Å². The molecule has 26 heavy (non-hydrogen) atoms. The lowest BCUT2D eigenvalue weighted by Gasteiger charge is -2.29. The van der Waals surface area contributed by atoms with Crippen LogP contribution in [0.2, 0.25) is 0 Å². The van der Waals surface area contributed by atoms with Crippen molar-refractivity contribution < 1.29 is 14.3 Å². The molecular formula is C18H21BrN4O3. The van der Waals surface area contributed by atoms with Crippen LogP contribution in [0, 0.1) is 0 Å². The van der Waals surface area contributed by atoms with Crippen molar-refractivity contribution in [2.45, 2.75) is 32.7 Å². The van der Waals surface area contributed by atoms with E-state index in [-0.39, 0.29) is 5.97 Å². The molecule has 0 aliphatic carbocycles. The molecule has 3 rings (SSSR count). The molecule has 0 saturated carbocycles. The number of carbonyl (C=O) groups is 1. The third-order valence-corrected chi connectivity index (χ3v) is 4.72. The summed E-state index contributed by atoms with van der Waals surface area (Å²) in [6, 6.07) is 5.18. The van der Waals surface area contributed by atoms with Gasteiger partial charge in [-0.2, -0.15) is 10.1 Å². The van der Waals surface area contributed by atoms with Crippen LogP contribution in [0.3, 0.4) is 0 Å². The SMILES string of the molecule is CCCCOC(=O)C1=C(C)Nc2ncnn2[C@@H]1c1cc(Br)ccc1OC. The zero-order valence-corrected chi connectivity index (χ0v) is 16.5. The van der Waals surface area contributed by atoms with Crippen LogP contribution in [0.4, 0.5) is 5.95 Å². The predicted octanol–water partition coefficient (Wildman–Crippen LogP) is 3.68. The minimum atomic E-state index is -0.490. The fraction of sp³-hybridized carbons (Fsp3) is 0.389. The molecule has 2 heterocycles. The van der Waals surface area contributed by atoms with E-state index in [0.29, 0.717) is 29.6 Å². The number of hydrogen-bond donors (Lipinski definition) is 1. The van der Waals surface area contributed by atoms with Crippen LogP contribution in [-0.4, -0.2) is 34.5 Å². The number of carbonyl (C=O) groups excluding carboxylic acids is 1. The van der Waals surface area contributed by atoms with E-state index in [1.807, 2.05) is 25.1 Å². The normalized spacial score (nSPS) is 16.1. The van der Waals surface area contributed by atoms with E-state index >= 15 is 0 Å². The molecule has 1 aliphatic heterocycles. The Balaban J connectivity index is 2.09. The highest BCUT2D eigenvalue weighted by Gasteiger charge is 2.36. The summed E-state index contributed by atoms with van der Waals surface area (Å²) < 4.78 is 13.6. The second-order valence-corrected chi connectivity index (χ2v) is 6.89. The Kier molecular flexibility index (Phi) is 5.61. The van der Waals surface area contributed by atoms with Gasteiger partial charge < -0.3 is 14.8 Å². The number of benzene rings is 1. The Morgan fingerprint density at radius 1 is 1.42 bits per heavy atom. The highest BCUT2D eigenvalue weighted by molar-refractivity contribution is 9.10. The van der Waals surface area contributed by atoms with Crippen LogP contribution in [0.25, 0.3) is 0 Å². The summed E-state index contributed by atoms with van der Waals surface area (Å²) in [4.78, 5) is 17.1. The number of nitrogens with zero attached hydrogens (tertiary/aromatic N) is 3. The molecule has 0 amide bonds. The van der Waals surface area contributed by atoms with Crippen LogP contribution in [-0.2, 0) is 9.53 Å². The zero-order valence-electron chi connectivity index (χ0n) is 15.0. The number of fused-ring (bicyclic) bond motifs is 1. The molecular weight excluding hydrogens is 400 g/mol. The van der Waals surface area contributed by atoms with E-state index in [2.05, 4.69) is 38.3 Å². The van der Waals surface area contributed by atoms with Crippen molar-refractivity contribution >= 4 is 27.8 Å². The first kappa shape index (κ1) is 18.4. The van der Waals surface area contributed by atoms with Crippen molar-refractivity contribution in [3.05, 3.63) is 45.8 Å². The Morgan fingerprint density at radius 2 is 2.23 bits per heavy atom. The number of halogens is 1. The van der Waals surface area contributed by atoms with Gasteiger partial charge in [0, 0.05) is 15.7 Å². The quantitative estimate of drug-likeness (QED) is 0.567. The summed E-state index contributed by atoms with van der Waals surface area (Å²) in [5, 5.41) is 7.44. The molecule has 1 aromatic carbocycles. The van der Waals surface area contributed by atoms with Crippen LogP contribution in [0.1, 0.15) is 38.3 Å². The first-order valence-electron chi connectivity index (χ1n) is 8.44. The summed E-state index contributed by atoms with van der Waals surface area (Å²) in [6.07, 6.45) is 3.24. The van der Waals surface area contributed by atoms with Gasteiger partial charge in [0.2, 0.25) is 5.95 Å². The minimum absolute atomic E-state index is 0.364. The van der Waals surface area contributed by atoms with Gasteiger partial charge in [-0.3, -0.25) is 0 Å². The number of esters is 1. The monoisotopic (exact) mass is 420 g/mol. The molecule has 0 spiro atoms. The van der Waals surface area contributed by atoms with Gasteiger partial charge in [0.1, 0.15) is 18.1 Å². The molecule has 7 nitrogen and oxygen atoms in total. The third-order valence-electron chi connectivity index (χ3n) is 4.23. The molecule has 138 valence electrons. The highest BCUT2D eigenvalue weighted by Crippen LogP contribution is 2.40. The van der Waals surface area contributed by atoms with E-state index in [4.69, 9.17) is 9.47 Å². The van der Waals surface area contributed by atoms with Gasteiger partial charge in [0.25, 0.3) is 0 Å². The number of aromatic nitrogens is 3.